The Bertz CT molecular complexity index is 168. The monoisotopic (exact) mass is 271 g/mol. The van der Waals surface area contributed by atoms with Crippen LogP contribution in [0.15, 0.2) is 0 Å². The van der Waals surface area contributed by atoms with Gasteiger partial charge in [-0.25, -0.2) is 0 Å². The summed E-state index contributed by atoms with van der Waals surface area (Å²) in [4.78, 5) is 0. The average molecular weight is 272 g/mol. The zero-order chi connectivity index (χ0) is 12.9. The number of hydrogen-bond acceptors (Lipinski definition) is 2. The molecule has 1 nitrogen and oxygen atoms in total. The molecule has 0 radical (unpaired) electrons. The second-order valence-corrected chi connectivity index (χ2v) is 6.93. The zero-order valence-electron chi connectivity index (χ0n) is 12.4. The molecule has 0 aromatic heterocycles. The van der Waals surface area contributed by atoms with Gasteiger partial charge in [0.25, 0.3) is 0 Å². The van der Waals surface area contributed by atoms with Crippen molar-refractivity contribution in [2.75, 3.05) is 24.6 Å². The van der Waals surface area contributed by atoms with E-state index in [2.05, 4.69) is 24.0 Å². The topological polar surface area (TPSA) is 12.0 Å². The standard InChI is InChI=1S/C16H33NS/c1-2-3-4-5-6-7-8-9-10-11-12-18-15-16-13-17-14-16/h16-17H,2-15H2,1H3. The van der Waals surface area contributed by atoms with E-state index < -0.39 is 0 Å². The molecule has 0 atom stereocenters. The van der Waals surface area contributed by atoms with E-state index in [1.54, 1.807) is 0 Å². The van der Waals surface area contributed by atoms with Crippen molar-refractivity contribution >= 4 is 11.8 Å². The maximum absolute atomic E-state index is 3.34. The summed E-state index contributed by atoms with van der Waals surface area (Å²) in [6, 6.07) is 0. The molecule has 1 heterocycles. The molecular formula is C16H33NS. The van der Waals surface area contributed by atoms with Crippen molar-refractivity contribution < 1.29 is 0 Å². The first-order chi connectivity index (χ1) is 8.93. The predicted octanol–water partition coefficient (Wildman–Crippen LogP) is 4.86. The van der Waals surface area contributed by atoms with E-state index in [0.717, 1.165) is 5.92 Å². The van der Waals surface area contributed by atoms with Crippen molar-refractivity contribution in [1.29, 1.82) is 0 Å². The molecule has 0 aromatic carbocycles. The largest absolute Gasteiger partial charge is 0.316 e. The Kier molecular flexibility index (Phi) is 11.2. The van der Waals surface area contributed by atoms with Crippen molar-refractivity contribution in [1.82, 2.24) is 5.32 Å². The summed E-state index contributed by atoms with van der Waals surface area (Å²) in [7, 11) is 0. The summed E-state index contributed by atoms with van der Waals surface area (Å²) in [6.45, 7) is 4.83. The van der Waals surface area contributed by atoms with Gasteiger partial charge in [0.05, 0.1) is 0 Å². The van der Waals surface area contributed by atoms with Gasteiger partial charge in [-0.1, -0.05) is 64.7 Å². The van der Waals surface area contributed by atoms with Crippen molar-refractivity contribution in [2.24, 2.45) is 5.92 Å². The van der Waals surface area contributed by atoms with Crippen LogP contribution in [0, 0.1) is 5.92 Å². The van der Waals surface area contributed by atoms with Gasteiger partial charge in [0.1, 0.15) is 0 Å². The van der Waals surface area contributed by atoms with Gasteiger partial charge in [0.2, 0.25) is 0 Å². The third kappa shape index (κ3) is 9.27. The van der Waals surface area contributed by atoms with Crippen LogP contribution in [0.5, 0.6) is 0 Å². The van der Waals surface area contributed by atoms with E-state index in [1.807, 2.05) is 0 Å². The first kappa shape index (κ1) is 16.4. The number of thioether (sulfide) groups is 1. The fourth-order valence-corrected chi connectivity index (χ4v) is 3.55. The lowest BCUT2D eigenvalue weighted by Crippen LogP contribution is -2.43. The van der Waals surface area contributed by atoms with Crippen molar-refractivity contribution in [3.8, 4) is 0 Å². The summed E-state index contributed by atoms with van der Waals surface area (Å²) in [6.07, 6.45) is 14.5. The molecule has 1 aliphatic rings. The Labute approximate surface area is 119 Å². The molecule has 0 unspecified atom stereocenters. The van der Waals surface area contributed by atoms with Gasteiger partial charge < -0.3 is 5.32 Å². The minimum atomic E-state index is 0.984. The van der Waals surface area contributed by atoms with Crippen LogP contribution in [0.2, 0.25) is 0 Å². The van der Waals surface area contributed by atoms with Gasteiger partial charge in [-0.15, -0.1) is 0 Å². The maximum Gasteiger partial charge on any atom is -0.0000326 e. The summed E-state index contributed by atoms with van der Waals surface area (Å²) in [5.41, 5.74) is 0. The van der Waals surface area contributed by atoms with E-state index in [9.17, 15) is 0 Å². The van der Waals surface area contributed by atoms with Crippen LogP contribution in [0.1, 0.15) is 71.1 Å². The molecular weight excluding hydrogens is 238 g/mol. The Morgan fingerprint density at radius 3 is 1.89 bits per heavy atom. The molecule has 0 spiro atoms. The fraction of sp³-hybridized carbons (Fsp3) is 1.00. The highest BCUT2D eigenvalue weighted by molar-refractivity contribution is 7.99. The van der Waals surface area contributed by atoms with E-state index in [1.165, 1.54) is 88.8 Å². The molecule has 2 heteroatoms. The lowest BCUT2D eigenvalue weighted by Gasteiger charge is -2.26. The Morgan fingerprint density at radius 1 is 0.833 bits per heavy atom. The average Bonchev–Trinajstić information content (AvgIpc) is 2.33. The number of nitrogens with one attached hydrogen (secondary N) is 1. The molecule has 1 saturated heterocycles. The minimum absolute atomic E-state index is 0.984. The van der Waals surface area contributed by atoms with Gasteiger partial charge in [-0.3, -0.25) is 0 Å². The highest BCUT2D eigenvalue weighted by Gasteiger charge is 2.15. The smallest absolute Gasteiger partial charge is 0.0000326 e. The van der Waals surface area contributed by atoms with Gasteiger partial charge in [-0.2, -0.15) is 11.8 Å². The molecule has 0 aromatic rings. The Morgan fingerprint density at radius 2 is 1.39 bits per heavy atom. The molecule has 18 heavy (non-hydrogen) atoms. The summed E-state index contributed by atoms with van der Waals surface area (Å²) in [5, 5.41) is 3.34. The number of rotatable bonds is 13. The Hall–Kier alpha value is 0.310. The quantitative estimate of drug-likeness (QED) is 0.480. The van der Waals surface area contributed by atoms with Crippen LogP contribution >= 0.6 is 11.8 Å². The highest BCUT2D eigenvalue weighted by atomic mass is 32.2. The molecule has 108 valence electrons. The fourth-order valence-electron chi connectivity index (χ4n) is 2.41. The normalized spacial score (nSPS) is 15.8. The summed E-state index contributed by atoms with van der Waals surface area (Å²) < 4.78 is 0. The van der Waals surface area contributed by atoms with E-state index in [4.69, 9.17) is 0 Å². The van der Waals surface area contributed by atoms with Crippen LogP contribution in [0.3, 0.4) is 0 Å². The van der Waals surface area contributed by atoms with Gasteiger partial charge in [0.15, 0.2) is 0 Å². The SMILES string of the molecule is CCCCCCCCCCCCSCC1CNC1. The first-order valence-electron chi connectivity index (χ1n) is 8.22. The van der Waals surface area contributed by atoms with E-state index >= 15 is 0 Å². The molecule has 0 saturated carbocycles. The van der Waals surface area contributed by atoms with Crippen molar-refractivity contribution in [3.05, 3.63) is 0 Å². The summed E-state index contributed by atoms with van der Waals surface area (Å²) >= 11 is 2.17. The second-order valence-electron chi connectivity index (χ2n) is 5.78. The van der Waals surface area contributed by atoms with Crippen molar-refractivity contribution in [2.45, 2.75) is 71.1 Å². The van der Waals surface area contributed by atoms with Gasteiger partial charge >= 0.3 is 0 Å². The molecule has 1 fully saturated rings. The van der Waals surface area contributed by atoms with Crippen LogP contribution < -0.4 is 5.32 Å². The molecule has 1 N–H and O–H groups in total. The summed E-state index contributed by atoms with van der Waals surface area (Å²) in [5.74, 6) is 3.77. The van der Waals surface area contributed by atoms with Gasteiger partial charge in [0, 0.05) is 0 Å². The lowest BCUT2D eigenvalue weighted by atomic mass is 10.1. The number of hydrogen-bond donors (Lipinski definition) is 1. The second kappa shape index (κ2) is 12.3. The Balaban J connectivity index is 1.63. The zero-order valence-corrected chi connectivity index (χ0v) is 13.2. The molecule has 1 aliphatic heterocycles. The molecule has 0 amide bonds. The van der Waals surface area contributed by atoms with Gasteiger partial charge in [-0.05, 0) is 36.9 Å². The third-order valence-corrected chi connectivity index (χ3v) is 5.15. The molecule has 1 rings (SSSR count). The van der Waals surface area contributed by atoms with Crippen LogP contribution in [0.25, 0.3) is 0 Å². The van der Waals surface area contributed by atoms with E-state index in [-0.39, 0.29) is 0 Å². The maximum atomic E-state index is 3.34. The van der Waals surface area contributed by atoms with Crippen molar-refractivity contribution in [3.63, 3.8) is 0 Å². The predicted molar refractivity (Wildman–Crippen MR) is 85.5 cm³/mol. The molecule has 0 aliphatic carbocycles. The minimum Gasteiger partial charge on any atom is -0.316 e. The highest BCUT2D eigenvalue weighted by Crippen LogP contribution is 2.15. The molecule has 0 bridgehead atoms. The van der Waals surface area contributed by atoms with E-state index in [0.29, 0.717) is 0 Å². The van der Waals surface area contributed by atoms with Crippen LogP contribution in [-0.4, -0.2) is 24.6 Å². The first-order valence-corrected chi connectivity index (χ1v) is 9.37. The third-order valence-electron chi connectivity index (χ3n) is 3.86. The van der Waals surface area contributed by atoms with Crippen LogP contribution in [0.4, 0.5) is 0 Å². The van der Waals surface area contributed by atoms with Crippen LogP contribution in [-0.2, 0) is 0 Å². The lowest BCUT2D eigenvalue weighted by molar-refractivity contribution is 0.385. The number of unbranched alkanes of at least 4 members (excludes halogenated alkanes) is 9.